The second-order valence-electron chi connectivity index (χ2n) is 2.15. The molecule has 0 N–H and O–H groups in total. The van der Waals surface area contributed by atoms with Crippen molar-refractivity contribution in [2.24, 2.45) is 0 Å². The van der Waals surface area contributed by atoms with Gasteiger partial charge in [0.15, 0.2) is 0 Å². The Kier molecular flexibility index (Phi) is 16.0. The van der Waals surface area contributed by atoms with E-state index < -0.39 is 0 Å². The van der Waals surface area contributed by atoms with Gasteiger partial charge < -0.3 is 12.8 Å². The van der Waals surface area contributed by atoms with Crippen LogP contribution in [0.1, 0.15) is 39.5 Å². The molecule has 1 heteroatoms. The van der Waals surface area contributed by atoms with E-state index in [0.717, 1.165) is 0 Å². The van der Waals surface area contributed by atoms with Gasteiger partial charge in [-0.05, 0) is 0 Å². The molecule has 0 saturated heterocycles. The smallest absolute Gasteiger partial charge is 0.335 e. The first kappa shape index (κ1) is 12.4. The standard InChI is InChI=1S/C5H9.C3H7.Mg/c1-2-4-5-3-1;1-3-2;/h1H,2-5H2;3H,1-2H3;/q2*-1;+2. The van der Waals surface area contributed by atoms with Crippen molar-refractivity contribution >= 4 is 23.1 Å². The Balaban J connectivity index is 0. The van der Waals surface area contributed by atoms with E-state index in [2.05, 4.69) is 6.42 Å². The van der Waals surface area contributed by atoms with Crippen LogP contribution in [0.15, 0.2) is 0 Å². The van der Waals surface area contributed by atoms with E-state index in [1.165, 1.54) is 25.7 Å². The maximum absolute atomic E-state index is 2.36. The molecular formula is C8H16Mg. The van der Waals surface area contributed by atoms with Crippen LogP contribution in [0, 0.1) is 12.8 Å². The first-order valence-electron chi connectivity index (χ1n) is 3.47. The molecule has 1 aliphatic rings. The quantitative estimate of drug-likeness (QED) is 0.355. The predicted molar refractivity (Wildman–Crippen MR) is 44.2 cm³/mol. The van der Waals surface area contributed by atoms with Gasteiger partial charge in [0.1, 0.15) is 0 Å². The van der Waals surface area contributed by atoms with Crippen LogP contribution < -0.4 is 0 Å². The molecule has 0 nitrogen and oxygen atoms in total. The van der Waals surface area contributed by atoms with Crippen molar-refractivity contribution < 1.29 is 0 Å². The van der Waals surface area contributed by atoms with E-state index in [1.54, 1.807) is 0 Å². The molecule has 0 heterocycles. The molecule has 0 atom stereocenters. The predicted octanol–water partition coefficient (Wildman–Crippen LogP) is 2.61. The van der Waals surface area contributed by atoms with Gasteiger partial charge in [0.25, 0.3) is 0 Å². The average molecular weight is 137 g/mol. The number of hydrogen-bond donors (Lipinski definition) is 0. The fourth-order valence-corrected chi connectivity index (χ4v) is 0.722. The van der Waals surface area contributed by atoms with Crippen LogP contribution in [0.3, 0.4) is 0 Å². The summed E-state index contributed by atoms with van der Waals surface area (Å²) in [5.74, 6) is 0. The molecule has 0 amide bonds. The molecular weight excluding hydrogens is 120 g/mol. The Labute approximate surface area is 75.6 Å². The van der Waals surface area contributed by atoms with Gasteiger partial charge in [-0.15, -0.1) is 0 Å². The Morgan fingerprint density at radius 2 is 1.44 bits per heavy atom. The summed E-state index contributed by atoms with van der Waals surface area (Å²) >= 11 is 0. The third-order valence-corrected chi connectivity index (χ3v) is 1.07. The summed E-state index contributed by atoms with van der Waals surface area (Å²) in [5.41, 5.74) is 0. The van der Waals surface area contributed by atoms with Crippen molar-refractivity contribution in [1.29, 1.82) is 0 Å². The van der Waals surface area contributed by atoms with E-state index in [4.69, 9.17) is 0 Å². The van der Waals surface area contributed by atoms with E-state index in [9.17, 15) is 0 Å². The molecule has 0 aliphatic heterocycles. The maximum Gasteiger partial charge on any atom is 2.00 e. The molecule has 50 valence electrons. The average Bonchev–Trinajstić information content (AvgIpc) is 2.17. The zero-order valence-electron chi connectivity index (χ0n) is 6.69. The normalized spacial score (nSPS) is 15.3. The van der Waals surface area contributed by atoms with Crippen molar-refractivity contribution in [2.75, 3.05) is 0 Å². The van der Waals surface area contributed by atoms with Crippen molar-refractivity contribution in [3.05, 3.63) is 12.8 Å². The van der Waals surface area contributed by atoms with Crippen LogP contribution in [-0.4, -0.2) is 23.1 Å². The summed E-state index contributed by atoms with van der Waals surface area (Å²) in [4.78, 5) is 0. The molecule has 0 aromatic heterocycles. The van der Waals surface area contributed by atoms with Gasteiger partial charge in [0.2, 0.25) is 0 Å². The number of hydrogen-bond acceptors (Lipinski definition) is 0. The van der Waals surface area contributed by atoms with Gasteiger partial charge in [0.05, 0.1) is 0 Å². The molecule has 0 bridgehead atoms. The van der Waals surface area contributed by atoms with Gasteiger partial charge >= 0.3 is 23.1 Å². The molecule has 9 heavy (non-hydrogen) atoms. The summed E-state index contributed by atoms with van der Waals surface area (Å²) < 4.78 is 0. The first-order chi connectivity index (χ1) is 3.91. The zero-order valence-corrected chi connectivity index (χ0v) is 8.10. The second kappa shape index (κ2) is 11.5. The van der Waals surface area contributed by atoms with Gasteiger partial charge in [-0.3, -0.25) is 0 Å². The van der Waals surface area contributed by atoms with Gasteiger partial charge in [0, 0.05) is 0 Å². The Bertz CT molecular complexity index is 23.9. The van der Waals surface area contributed by atoms with Crippen molar-refractivity contribution in [2.45, 2.75) is 39.5 Å². The second-order valence-corrected chi connectivity index (χ2v) is 2.15. The molecule has 0 radical (unpaired) electrons. The summed E-state index contributed by atoms with van der Waals surface area (Å²) in [7, 11) is 0. The maximum atomic E-state index is 2.36. The minimum atomic E-state index is 0. The molecule has 0 aromatic carbocycles. The molecule has 1 rings (SSSR count). The minimum Gasteiger partial charge on any atom is -0.335 e. The van der Waals surface area contributed by atoms with E-state index in [1.807, 2.05) is 20.3 Å². The van der Waals surface area contributed by atoms with Gasteiger partial charge in [-0.1, -0.05) is 12.8 Å². The van der Waals surface area contributed by atoms with Crippen LogP contribution >= 0.6 is 0 Å². The topological polar surface area (TPSA) is 0 Å². The van der Waals surface area contributed by atoms with Gasteiger partial charge in [-0.2, -0.15) is 26.7 Å². The fourth-order valence-electron chi connectivity index (χ4n) is 0.722. The summed E-state index contributed by atoms with van der Waals surface area (Å²) in [6.07, 6.45) is 10.0. The molecule has 0 aromatic rings. The summed E-state index contributed by atoms with van der Waals surface area (Å²) in [6.45, 7) is 4.00. The molecule has 1 saturated carbocycles. The largest absolute Gasteiger partial charge is 2.00 e. The van der Waals surface area contributed by atoms with Crippen LogP contribution in [0.4, 0.5) is 0 Å². The van der Waals surface area contributed by atoms with Crippen LogP contribution in [0.25, 0.3) is 0 Å². The SMILES string of the molecule is C[CH-]C.[CH-]1CCCC1.[Mg+2]. The Morgan fingerprint density at radius 3 is 1.56 bits per heavy atom. The third-order valence-electron chi connectivity index (χ3n) is 1.07. The third kappa shape index (κ3) is 12.1. The summed E-state index contributed by atoms with van der Waals surface area (Å²) in [5, 5.41) is 0. The van der Waals surface area contributed by atoms with Crippen molar-refractivity contribution in [3.8, 4) is 0 Å². The van der Waals surface area contributed by atoms with Crippen LogP contribution in [-0.2, 0) is 0 Å². The van der Waals surface area contributed by atoms with Crippen molar-refractivity contribution in [3.63, 3.8) is 0 Å². The van der Waals surface area contributed by atoms with Crippen LogP contribution in [0.5, 0.6) is 0 Å². The Morgan fingerprint density at radius 1 is 1.11 bits per heavy atom. The first-order valence-corrected chi connectivity index (χ1v) is 3.47. The van der Waals surface area contributed by atoms with Crippen molar-refractivity contribution in [1.82, 2.24) is 0 Å². The molecule has 0 spiro atoms. The monoisotopic (exact) mass is 136 g/mol. The van der Waals surface area contributed by atoms with E-state index in [-0.39, 0.29) is 23.1 Å². The number of rotatable bonds is 0. The van der Waals surface area contributed by atoms with E-state index in [0.29, 0.717) is 0 Å². The fraction of sp³-hybridized carbons (Fsp3) is 0.750. The molecule has 1 aliphatic carbocycles. The Hall–Kier alpha value is 0.766. The zero-order chi connectivity index (χ0) is 6.24. The summed E-state index contributed by atoms with van der Waals surface area (Å²) in [6, 6.07) is 0. The molecule has 1 fully saturated rings. The molecule has 0 unspecified atom stereocenters. The van der Waals surface area contributed by atoms with Gasteiger partial charge in [-0.25, -0.2) is 0 Å². The van der Waals surface area contributed by atoms with Crippen LogP contribution in [0.2, 0.25) is 0 Å². The minimum absolute atomic E-state index is 0. The van der Waals surface area contributed by atoms with E-state index >= 15 is 0 Å².